The fourth-order valence-electron chi connectivity index (χ4n) is 1.50. The Kier molecular flexibility index (Phi) is 4.12. The zero-order valence-electron chi connectivity index (χ0n) is 8.63. The van der Waals surface area contributed by atoms with E-state index in [2.05, 4.69) is 12.2 Å². The lowest BCUT2D eigenvalue weighted by molar-refractivity contribution is -0.309. The van der Waals surface area contributed by atoms with Crippen LogP contribution in [-0.4, -0.2) is 39.4 Å². The molecule has 4 heteroatoms. The van der Waals surface area contributed by atoms with Gasteiger partial charge in [-0.3, -0.25) is 0 Å². The highest BCUT2D eigenvalue weighted by Crippen LogP contribution is 2.24. The molecule has 0 radical (unpaired) electrons. The second-order valence-electron chi connectivity index (χ2n) is 3.58. The van der Waals surface area contributed by atoms with Gasteiger partial charge in [0, 0.05) is 14.2 Å². The molecule has 1 saturated heterocycles. The Labute approximate surface area is 79.5 Å². The van der Waals surface area contributed by atoms with Gasteiger partial charge < -0.3 is 19.5 Å². The molecule has 78 valence electrons. The van der Waals surface area contributed by atoms with Crippen LogP contribution in [0.5, 0.6) is 0 Å². The maximum Gasteiger partial charge on any atom is 0.271 e. The van der Waals surface area contributed by atoms with Gasteiger partial charge >= 0.3 is 0 Å². The summed E-state index contributed by atoms with van der Waals surface area (Å²) in [4.78, 5) is 0. The minimum atomic E-state index is -0.539. The highest BCUT2D eigenvalue weighted by atomic mass is 16.8. The highest BCUT2D eigenvalue weighted by Gasteiger charge is 2.30. The molecule has 4 nitrogen and oxygen atoms in total. The van der Waals surface area contributed by atoms with Crippen LogP contribution >= 0.6 is 0 Å². The summed E-state index contributed by atoms with van der Waals surface area (Å²) in [5.41, 5.74) is -0.109. The summed E-state index contributed by atoms with van der Waals surface area (Å²) in [6.45, 7) is 3.55. The van der Waals surface area contributed by atoms with E-state index in [4.69, 9.17) is 14.2 Å². The Morgan fingerprint density at radius 3 is 2.15 bits per heavy atom. The Morgan fingerprint density at radius 1 is 1.15 bits per heavy atom. The molecule has 0 atom stereocenters. The van der Waals surface area contributed by atoms with Crippen molar-refractivity contribution < 1.29 is 14.2 Å². The van der Waals surface area contributed by atoms with Crippen LogP contribution < -0.4 is 5.32 Å². The van der Waals surface area contributed by atoms with Crippen LogP contribution in [0.1, 0.15) is 19.8 Å². The smallest absolute Gasteiger partial charge is 0.271 e. The fraction of sp³-hybridized carbons (Fsp3) is 1.00. The van der Waals surface area contributed by atoms with Gasteiger partial charge in [0.15, 0.2) is 0 Å². The van der Waals surface area contributed by atoms with E-state index in [1.54, 1.807) is 14.2 Å². The minimum absolute atomic E-state index is 0.109. The van der Waals surface area contributed by atoms with Gasteiger partial charge in [0.2, 0.25) is 0 Å². The minimum Gasteiger partial charge on any atom is -0.333 e. The number of nitrogens with one attached hydrogen (secondary N) is 1. The molecule has 1 N–H and O–H groups in total. The number of ether oxygens (including phenoxy) is 3. The molecule has 1 fully saturated rings. The molecule has 0 aromatic heterocycles. The standard InChI is InChI=1S/C9H19NO3/c1-9(4-6-10-7-5-9)13-8(11-2)12-3/h8,10H,4-7H2,1-3H3. The molecule has 13 heavy (non-hydrogen) atoms. The zero-order valence-corrected chi connectivity index (χ0v) is 8.63. The third-order valence-electron chi connectivity index (χ3n) is 2.43. The molecule has 1 aliphatic rings. The summed E-state index contributed by atoms with van der Waals surface area (Å²) in [5.74, 6) is 0. The Balaban J connectivity index is 2.39. The first-order valence-electron chi connectivity index (χ1n) is 4.64. The van der Waals surface area contributed by atoms with E-state index in [1.807, 2.05) is 0 Å². The van der Waals surface area contributed by atoms with E-state index in [-0.39, 0.29) is 5.60 Å². The lowest BCUT2D eigenvalue weighted by Crippen LogP contribution is -2.44. The van der Waals surface area contributed by atoms with Crippen molar-refractivity contribution in [2.75, 3.05) is 27.3 Å². The number of methoxy groups -OCH3 is 2. The molecule has 0 aromatic rings. The lowest BCUT2D eigenvalue weighted by Gasteiger charge is -2.36. The molecule has 0 spiro atoms. The van der Waals surface area contributed by atoms with E-state index in [1.165, 1.54) is 0 Å². The maximum atomic E-state index is 5.69. The quantitative estimate of drug-likeness (QED) is 0.661. The van der Waals surface area contributed by atoms with Crippen molar-refractivity contribution >= 4 is 0 Å². The lowest BCUT2D eigenvalue weighted by atomic mass is 9.95. The van der Waals surface area contributed by atoms with Crippen LogP contribution in [0.3, 0.4) is 0 Å². The predicted molar refractivity (Wildman–Crippen MR) is 49.4 cm³/mol. The van der Waals surface area contributed by atoms with Crippen LogP contribution in [0.4, 0.5) is 0 Å². The van der Waals surface area contributed by atoms with Crippen molar-refractivity contribution in [1.29, 1.82) is 0 Å². The topological polar surface area (TPSA) is 39.7 Å². The molecule has 0 bridgehead atoms. The first-order chi connectivity index (χ1) is 6.20. The average Bonchev–Trinajstić information content (AvgIpc) is 2.15. The first-order valence-corrected chi connectivity index (χ1v) is 4.64. The second kappa shape index (κ2) is 4.91. The van der Waals surface area contributed by atoms with E-state index in [0.29, 0.717) is 0 Å². The van der Waals surface area contributed by atoms with Gasteiger partial charge in [-0.05, 0) is 32.9 Å². The van der Waals surface area contributed by atoms with Crippen LogP contribution in [-0.2, 0) is 14.2 Å². The molecule has 1 heterocycles. The Bertz CT molecular complexity index is 142. The van der Waals surface area contributed by atoms with Crippen molar-refractivity contribution in [3.05, 3.63) is 0 Å². The van der Waals surface area contributed by atoms with Crippen LogP contribution in [0.15, 0.2) is 0 Å². The average molecular weight is 189 g/mol. The number of piperidine rings is 1. The van der Waals surface area contributed by atoms with Crippen molar-refractivity contribution in [3.8, 4) is 0 Å². The van der Waals surface area contributed by atoms with Gasteiger partial charge in [-0.1, -0.05) is 0 Å². The predicted octanol–water partition coefficient (Wildman–Crippen LogP) is 0.721. The normalized spacial score (nSPS) is 22.2. The van der Waals surface area contributed by atoms with Crippen molar-refractivity contribution in [2.45, 2.75) is 31.8 Å². The molecule has 0 aromatic carbocycles. The number of hydrogen-bond donors (Lipinski definition) is 1. The third kappa shape index (κ3) is 3.23. The zero-order chi connectivity index (χ0) is 9.73. The molecule has 1 rings (SSSR count). The van der Waals surface area contributed by atoms with Gasteiger partial charge in [-0.2, -0.15) is 0 Å². The van der Waals surface area contributed by atoms with Crippen LogP contribution in [0.2, 0.25) is 0 Å². The third-order valence-corrected chi connectivity index (χ3v) is 2.43. The van der Waals surface area contributed by atoms with Gasteiger partial charge in [-0.25, -0.2) is 0 Å². The molecular formula is C9H19NO3. The molecule has 0 unspecified atom stereocenters. The van der Waals surface area contributed by atoms with Gasteiger partial charge in [0.05, 0.1) is 5.60 Å². The largest absolute Gasteiger partial charge is 0.333 e. The number of rotatable bonds is 4. The van der Waals surface area contributed by atoms with E-state index in [0.717, 1.165) is 25.9 Å². The summed E-state index contributed by atoms with van der Waals surface area (Å²) >= 11 is 0. The monoisotopic (exact) mass is 189 g/mol. The van der Waals surface area contributed by atoms with Crippen molar-refractivity contribution in [2.24, 2.45) is 0 Å². The van der Waals surface area contributed by atoms with Crippen molar-refractivity contribution in [3.63, 3.8) is 0 Å². The summed E-state index contributed by atoms with van der Waals surface area (Å²) in [6, 6.07) is 0. The van der Waals surface area contributed by atoms with Gasteiger partial charge in [0.25, 0.3) is 6.48 Å². The summed E-state index contributed by atoms with van der Waals surface area (Å²) in [6.07, 6.45) is 1.99. The van der Waals surface area contributed by atoms with Crippen molar-refractivity contribution in [1.82, 2.24) is 5.32 Å². The fourth-order valence-corrected chi connectivity index (χ4v) is 1.50. The molecular weight excluding hydrogens is 170 g/mol. The second-order valence-corrected chi connectivity index (χ2v) is 3.58. The molecule has 0 aliphatic carbocycles. The van der Waals surface area contributed by atoms with E-state index < -0.39 is 6.48 Å². The van der Waals surface area contributed by atoms with Gasteiger partial charge in [-0.15, -0.1) is 0 Å². The number of hydrogen-bond acceptors (Lipinski definition) is 4. The first kappa shape index (κ1) is 10.9. The van der Waals surface area contributed by atoms with E-state index in [9.17, 15) is 0 Å². The van der Waals surface area contributed by atoms with E-state index >= 15 is 0 Å². The summed E-state index contributed by atoms with van der Waals surface area (Å²) in [5, 5.41) is 3.29. The SMILES string of the molecule is COC(OC)OC1(C)CCNCC1. The van der Waals surface area contributed by atoms with Crippen LogP contribution in [0.25, 0.3) is 0 Å². The van der Waals surface area contributed by atoms with Gasteiger partial charge in [0.1, 0.15) is 0 Å². The highest BCUT2D eigenvalue weighted by molar-refractivity contribution is 4.81. The molecule has 0 saturated carbocycles. The maximum absolute atomic E-state index is 5.69. The van der Waals surface area contributed by atoms with Crippen LogP contribution in [0, 0.1) is 0 Å². The summed E-state index contributed by atoms with van der Waals surface area (Å²) < 4.78 is 15.7. The Morgan fingerprint density at radius 2 is 1.69 bits per heavy atom. The molecule has 1 aliphatic heterocycles. The Hall–Kier alpha value is -0.160. The summed E-state index contributed by atoms with van der Waals surface area (Å²) in [7, 11) is 3.16. The molecule has 0 amide bonds.